The van der Waals surface area contributed by atoms with Crippen LogP contribution < -0.4 is 15.5 Å². The van der Waals surface area contributed by atoms with Gasteiger partial charge in [0.1, 0.15) is 0 Å². The molecule has 5 nitrogen and oxygen atoms in total. The number of carbonyl (C=O) groups is 2. The lowest BCUT2D eigenvalue weighted by molar-refractivity contribution is -0.118. The molecular weight excluding hydrogens is 458 g/mol. The van der Waals surface area contributed by atoms with Gasteiger partial charge >= 0.3 is 0 Å². The van der Waals surface area contributed by atoms with Gasteiger partial charge in [-0.2, -0.15) is 0 Å². The van der Waals surface area contributed by atoms with Gasteiger partial charge in [-0.25, -0.2) is 0 Å². The molecule has 1 aliphatic heterocycles. The Labute approximate surface area is 219 Å². The van der Waals surface area contributed by atoms with Gasteiger partial charge < -0.3 is 15.5 Å². The number of ketones is 2. The highest BCUT2D eigenvalue weighted by atomic mass is 16.1. The van der Waals surface area contributed by atoms with Crippen LogP contribution in [0.2, 0.25) is 0 Å². The zero-order chi connectivity index (χ0) is 26.2. The highest BCUT2D eigenvalue weighted by molar-refractivity contribution is 6.10. The zero-order valence-electron chi connectivity index (χ0n) is 22.1. The highest BCUT2D eigenvalue weighted by Crippen LogP contribution is 2.45. The summed E-state index contributed by atoms with van der Waals surface area (Å²) < 4.78 is 0. The van der Waals surface area contributed by atoms with Crippen LogP contribution in [0.1, 0.15) is 68.1 Å². The third-order valence-corrected chi connectivity index (χ3v) is 7.47. The first-order chi connectivity index (χ1) is 17.8. The van der Waals surface area contributed by atoms with Crippen LogP contribution in [0.25, 0.3) is 0 Å². The second-order valence-electron chi connectivity index (χ2n) is 10.8. The molecule has 2 N–H and O–H groups in total. The number of nitrogens with one attached hydrogen (secondary N) is 2. The number of Topliss-reactive ketones (excluding diaryl/α,β-unsaturated/α-hetero) is 1. The van der Waals surface area contributed by atoms with Crippen molar-refractivity contribution in [1.29, 1.82) is 0 Å². The summed E-state index contributed by atoms with van der Waals surface area (Å²) in [5.41, 5.74) is 6.81. The maximum Gasteiger partial charge on any atom is 0.193 e. The van der Waals surface area contributed by atoms with E-state index in [-0.39, 0.29) is 23.0 Å². The first kappa shape index (κ1) is 24.8. The molecule has 37 heavy (non-hydrogen) atoms. The molecule has 190 valence electrons. The second kappa shape index (κ2) is 9.89. The van der Waals surface area contributed by atoms with Crippen molar-refractivity contribution in [3.8, 4) is 0 Å². The summed E-state index contributed by atoms with van der Waals surface area (Å²) >= 11 is 0. The Bertz CT molecular complexity index is 1350. The fourth-order valence-electron chi connectivity index (χ4n) is 5.56. The number of carbonyl (C=O) groups excluding carboxylic acids is 2. The standard InChI is InChI=1S/C32H35N3O2/c1-5-35(6-2)24-15-12-21(13-16-24)30-29-27(19-32(3,4)20-28(29)36)33-25-17-14-23(18-26(25)34-30)31(37)22-10-8-7-9-11-22/h7-18,30,33-34H,5-6,19-20H2,1-4H3/t30-/m0/s1. The van der Waals surface area contributed by atoms with E-state index in [0.29, 0.717) is 17.5 Å². The van der Waals surface area contributed by atoms with E-state index in [1.165, 1.54) is 5.69 Å². The van der Waals surface area contributed by atoms with Gasteiger partial charge in [-0.15, -0.1) is 0 Å². The van der Waals surface area contributed by atoms with Gasteiger partial charge in [0.15, 0.2) is 11.6 Å². The predicted octanol–water partition coefficient (Wildman–Crippen LogP) is 6.99. The molecule has 0 fully saturated rings. The van der Waals surface area contributed by atoms with Gasteiger partial charge in [0.05, 0.1) is 17.4 Å². The topological polar surface area (TPSA) is 61.4 Å². The Morgan fingerprint density at radius 3 is 2.27 bits per heavy atom. The SMILES string of the molecule is CCN(CC)c1ccc([C@@H]2Nc3cc(C(=O)c4ccccc4)ccc3NC3=C2C(=O)CC(C)(C)C3)cc1. The number of benzene rings is 3. The Hall–Kier alpha value is -3.86. The maximum atomic E-state index is 13.6. The molecule has 0 saturated carbocycles. The lowest BCUT2D eigenvalue weighted by Gasteiger charge is -2.34. The van der Waals surface area contributed by atoms with E-state index >= 15 is 0 Å². The number of hydrogen-bond acceptors (Lipinski definition) is 5. The summed E-state index contributed by atoms with van der Waals surface area (Å²) in [6, 6.07) is 23.2. The van der Waals surface area contributed by atoms with Crippen LogP contribution in [-0.4, -0.2) is 24.7 Å². The van der Waals surface area contributed by atoms with Gasteiger partial charge in [0, 0.05) is 47.6 Å². The number of allylic oxidation sites excluding steroid dienone is 1. The van der Waals surface area contributed by atoms with Gasteiger partial charge in [0.2, 0.25) is 0 Å². The Morgan fingerprint density at radius 1 is 0.892 bits per heavy atom. The molecule has 0 saturated heterocycles. The van der Waals surface area contributed by atoms with E-state index in [0.717, 1.165) is 47.7 Å². The van der Waals surface area contributed by atoms with Crippen LogP contribution in [0.3, 0.4) is 0 Å². The molecule has 0 amide bonds. The van der Waals surface area contributed by atoms with E-state index in [4.69, 9.17) is 0 Å². The molecule has 3 aromatic carbocycles. The van der Waals surface area contributed by atoms with Crippen molar-refractivity contribution in [3.05, 3.63) is 101 Å². The van der Waals surface area contributed by atoms with E-state index in [2.05, 4.69) is 67.5 Å². The van der Waals surface area contributed by atoms with E-state index in [9.17, 15) is 9.59 Å². The number of hydrogen-bond donors (Lipinski definition) is 2. The van der Waals surface area contributed by atoms with Gasteiger partial charge in [0.25, 0.3) is 0 Å². The Morgan fingerprint density at radius 2 is 1.59 bits per heavy atom. The quantitative estimate of drug-likeness (QED) is 0.363. The first-order valence-electron chi connectivity index (χ1n) is 13.2. The Kier molecular flexibility index (Phi) is 6.63. The van der Waals surface area contributed by atoms with Crippen LogP contribution in [0.15, 0.2) is 84.1 Å². The highest BCUT2D eigenvalue weighted by Gasteiger charge is 2.38. The van der Waals surface area contributed by atoms with Crippen molar-refractivity contribution in [3.63, 3.8) is 0 Å². The minimum Gasteiger partial charge on any atom is -0.372 e. The molecule has 5 heteroatoms. The van der Waals surface area contributed by atoms with Crippen LogP contribution >= 0.6 is 0 Å². The van der Waals surface area contributed by atoms with E-state index in [1.54, 1.807) is 0 Å². The summed E-state index contributed by atoms with van der Waals surface area (Å²) in [5.74, 6) is 0.141. The predicted molar refractivity (Wildman–Crippen MR) is 151 cm³/mol. The fraction of sp³-hybridized carbons (Fsp3) is 0.312. The van der Waals surface area contributed by atoms with Gasteiger partial charge in [-0.1, -0.05) is 56.3 Å². The lowest BCUT2D eigenvalue weighted by Crippen LogP contribution is -2.31. The normalized spacial score (nSPS) is 18.2. The summed E-state index contributed by atoms with van der Waals surface area (Å²) in [6.07, 6.45) is 1.30. The summed E-state index contributed by atoms with van der Waals surface area (Å²) in [4.78, 5) is 29.1. The minimum atomic E-state index is -0.305. The molecule has 5 rings (SSSR count). The number of fused-ring (bicyclic) bond motifs is 1. The first-order valence-corrected chi connectivity index (χ1v) is 13.2. The fourth-order valence-corrected chi connectivity index (χ4v) is 5.56. The molecule has 0 spiro atoms. The molecule has 1 atom stereocenters. The zero-order valence-corrected chi connectivity index (χ0v) is 22.1. The van der Waals surface area contributed by atoms with Crippen molar-refractivity contribution in [1.82, 2.24) is 0 Å². The summed E-state index contributed by atoms with van der Waals surface area (Å²) in [5, 5.41) is 7.23. The maximum absolute atomic E-state index is 13.6. The largest absolute Gasteiger partial charge is 0.372 e. The third kappa shape index (κ3) is 4.91. The van der Waals surface area contributed by atoms with Crippen LogP contribution in [0, 0.1) is 5.41 Å². The molecule has 0 aromatic heterocycles. The Balaban J connectivity index is 1.57. The molecule has 0 bridgehead atoms. The summed E-state index contributed by atoms with van der Waals surface area (Å²) in [6.45, 7) is 10.5. The minimum absolute atomic E-state index is 0.0236. The number of nitrogens with zero attached hydrogens (tertiary/aromatic N) is 1. The lowest BCUT2D eigenvalue weighted by atomic mass is 9.73. The van der Waals surface area contributed by atoms with Crippen molar-refractivity contribution in [2.24, 2.45) is 5.41 Å². The van der Waals surface area contributed by atoms with Crippen molar-refractivity contribution in [2.45, 2.75) is 46.6 Å². The molecule has 0 radical (unpaired) electrons. The summed E-state index contributed by atoms with van der Waals surface area (Å²) in [7, 11) is 0. The molecular formula is C32H35N3O2. The van der Waals surface area contributed by atoms with Crippen molar-refractivity contribution < 1.29 is 9.59 Å². The molecule has 1 heterocycles. The molecule has 1 aliphatic carbocycles. The van der Waals surface area contributed by atoms with Gasteiger partial charge in [-0.3, -0.25) is 9.59 Å². The van der Waals surface area contributed by atoms with Crippen molar-refractivity contribution in [2.75, 3.05) is 28.6 Å². The van der Waals surface area contributed by atoms with Gasteiger partial charge in [-0.05, 0) is 61.6 Å². The molecule has 0 unspecified atom stereocenters. The van der Waals surface area contributed by atoms with E-state index in [1.807, 2.05) is 48.5 Å². The monoisotopic (exact) mass is 493 g/mol. The van der Waals surface area contributed by atoms with E-state index < -0.39 is 0 Å². The van der Waals surface area contributed by atoms with Crippen LogP contribution in [-0.2, 0) is 4.79 Å². The second-order valence-corrected chi connectivity index (χ2v) is 10.8. The molecule has 2 aliphatic rings. The average molecular weight is 494 g/mol. The van der Waals surface area contributed by atoms with Crippen LogP contribution in [0.5, 0.6) is 0 Å². The number of anilines is 3. The number of rotatable bonds is 6. The molecule has 3 aromatic rings. The average Bonchev–Trinajstić information content (AvgIpc) is 3.05. The van der Waals surface area contributed by atoms with Crippen LogP contribution in [0.4, 0.5) is 17.1 Å². The van der Waals surface area contributed by atoms with Crippen molar-refractivity contribution >= 4 is 28.6 Å². The third-order valence-electron chi connectivity index (χ3n) is 7.47. The smallest absolute Gasteiger partial charge is 0.193 e.